The number of piperidine rings is 1. The highest BCUT2D eigenvalue weighted by Crippen LogP contribution is 2.32. The number of rotatable bonds is 6. The molecule has 3 rings (SSSR count). The van der Waals surface area contributed by atoms with Crippen LogP contribution in [-0.4, -0.2) is 30.6 Å². The molecule has 1 aromatic heterocycles. The van der Waals surface area contributed by atoms with Gasteiger partial charge in [0, 0.05) is 26.1 Å². The predicted molar refractivity (Wildman–Crippen MR) is 113 cm³/mol. The zero-order chi connectivity index (χ0) is 20.8. The zero-order valence-electron chi connectivity index (χ0n) is 17.3. The molecule has 0 saturated carbocycles. The summed E-state index contributed by atoms with van der Waals surface area (Å²) in [6.07, 6.45) is 2.05. The van der Waals surface area contributed by atoms with Gasteiger partial charge in [-0.15, -0.1) is 0 Å². The van der Waals surface area contributed by atoms with Gasteiger partial charge in [0.05, 0.1) is 18.3 Å². The van der Waals surface area contributed by atoms with Crippen LogP contribution in [0.1, 0.15) is 62.4 Å². The van der Waals surface area contributed by atoms with E-state index in [9.17, 15) is 10.1 Å². The number of amides is 1. The average molecular weight is 393 g/mol. The molecule has 1 amide bonds. The first-order valence-electron chi connectivity index (χ1n) is 10.2. The fourth-order valence-corrected chi connectivity index (χ4v) is 3.90. The summed E-state index contributed by atoms with van der Waals surface area (Å²) in [5.74, 6) is 0.975. The Labute approximate surface area is 172 Å². The smallest absolute Gasteiger partial charge is 0.217 e. The van der Waals surface area contributed by atoms with Crippen molar-refractivity contribution in [2.24, 2.45) is 0 Å². The lowest BCUT2D eigenvalue weighted by Crippen LogP contribution is -2.33. The Hall–Kier alpha value is -3.07. The van der Waals surface area contributed by atoms with Crippen LogP contribution < -0.4 is 15.0 Å². The number of anilines is 1. The van der Waals surface area contributed by atoms with Crippen LogP contribution in [-0.2, 0) is 4.79 Å². The highest BCUT2D eigenvalue weighted by molar-refractivity contribution is 5.73. The molecule has 1 aliphatic heterocycles. The molecule has 0 bridgehead atoms. The summed E-state index contributed by atoms with van der Waals surface area (Å²) in [5.41, 5.74) is 3.74. The molecule has 6 nitrogen and oxygen atoms in total. The molecule has 1 aliphatic rings. The maximum Gasteiger partial charge on any atom is 0.217 e. The Balaban J connectivity index is 1.63. The van der Waals surface area contributed by atoms with Gasteiger partial charge in [0.2, 0.25) is 11.8 Å². The van der Waals surface area contributed by atoms with E-state index >= 15 is 0 Å². The highest BCUT2D eigenvalue weighted by Gasteiger charge is 2.23. The quantitative estimate of drug-likeness (QED) is 0.806. The van der Waals surface area contributed by atoms with Crippen molar-refractivity contribution in [1.82, 2.24) is 10.3 Å². The van der Waals surface area contributed by atoms with Crippen LogP contribution in [0.25, 0.3) is 0 Å². The molecular weight excluding hydrogens is 364 g/mol. The van der Waals surface area contributed by atoms with E-state index in [-0.39, 0.29) is 11.9 Å². The SMILES string of the molecule is CCOc1ccc(N2CCC(c3ccc(C(C)NC(C)=O)cc3)CC2)c(C#N)n1. The maximum atomic E-state index is 11.2. The molecule has 29 heavy (non-hydrogen) atoms. The standard InChI is InChI=1S/C23H28N4O2/c1-4-29-23-10-9-22(21(15-24)26-23)27-13-11-20(12-14-27)19-7-5-18(6-8-19)16(2)25-17(3)28/h5-10,16,20H,4,11-14H2,1-3H3,(H,25,28). The number of carbonyl (C=O) groups is 1. The second-order valence-corrected chi connectivity index (χ2v) is 7.41. The predicted octanol–water partition coefficient (Wildman–Crippen LogP) is 3.93. The first kappa shape index (κ1) is 20.7. The van der Waals surface area contributed by atoms with Gasteiger partial charge in [0.15, 0.2) is 5.69 Å². The third-order valence-electron chi connectivity index (χ3n) is 5.41. The van der Waals surface area contributed by atoms with Gasteiger partial charge >= 0.3 is 0 Å². The molecule has 1 saturated heterocycles. The van der Waals surface area contributed by atoms with Gasteiger partial charge in [-0.1, -0.05) is 24.3 Å². The van der Waals surface area contributed by atoms with Crippen LogP contribution in [0.4, 0.5) is 5.69 Å². The van der Waals surface area contributed by atoms with Crippen molar-refractivity contribution in [3.8, 4) is 11.9 Å². The van der Waals surface area contributed by atoms with Gasteiger partial charge in [-0.25, -0.2) is 4.98 Å². The fraction of sp³-hybridized carbons (Fsp3) is 0.435. The molecule has 2 aromatic rings. The van der Waals surface area contributed by atoms with Gasteiger partial charge < -0.3 is 15.0 Å². The molecular formula is C23H28N4O2. The summed E-state index contributed by atoms with van der Waals surface area (Å²) in [7, 11) is 0. The number of carbonyl (C=O) groups excluding carboxylic acids is 1. The normalized spacial score (nSPS) is 15.4. The third-order valence-corrected chi connectivity index (χ3v) is 5.41. The summed E-state index contributed by atoms with van der Waals surface area (Å²) in [6.45, 7) is 7.74. The maximum absolute atomic E-state index is 11.2. The molecule has 2 heterocycles. The largest absolute Gasteiger partial charge is 0.478 e. The molecule has 0 radical (unpaired) electrons. The zero-order valence-corrected chi connectivity index (χ0v) is 17.3. The van der Waals surface area contributed by atoms with Crippen molar-refractivity contribution in [2.75, 3.05) is 24.6 Å². The highest BCUT2D eigenvalue weighted by atomic mass is 16.5. The molecule has 1 atom stereocenters. The number of ether oxygens (including phenoxy) is 1. The molecule has 152 valence electrons. The number of benzene rings is 1. The van der Waals surface area contributed by atoms with Crippen molar-refractivity contribution >= 4 is 11.6 Å². The minimum absolute atomic E-state index is 0.0139. The van der Waals surface area contributed by atoms with Gasteiger partial charge in [-0.3, -0.25) is 4.79 Å². The number of nitrogens with zero attached hydrogens (tertiary/aromatic N) is 3. The Morgan fingerprint density at radius 3 is 2.55 bits per heavy atom. The van der Waals surface area contributed by atoms with E-state index in [2.05, 4.69) is 45.5 Å². The lowest BCUT2D eigenvalue weighted by atomic mass is 9.88. The van der Waals surface area contributed by atoms with Crippen molar-refractivity contribution in [3.63, 3.8) is 0 Å². The number of aromatic nitrogens is 1. The molecule has 0 aliphatic carbocycles. The van der Waals surface area contributed by atoms with E-state index < -0.39 is 0 Å². The summed E-state index contributed by atoms with van der Waals surface area (Å²) >= 11 is 0. The number of hydrogen-bond acceptors (Lipinski definition) is 5. The van der Waals surface area contributed by atoms with Crippen molar-refractivity contribution in [2.45, 2.75) is 45.6 Å². The average Bonchev–Trinajstić information content (AvgIpc) is 2.74. The lowest BCUT2D eigenvalue weighted by Gasteiger charge is -2.34. The van der Waals surface area contributed by atoms with Crippen molar-refractivity contribution in [3.05, 3.63) is 53.2 Å². The van der Waals surface area contributed by atoms with Crippen LogP contribution in [0.2, 0.25) is 0 Å². The summed E-state index contributed by atoms with van der Waals surface area (Å²) in [6, 6.07) is 14.5. The van der Waals surface area contributed by atoms with E-state index in [1.165, 1.54) is 12.5 Å². The van der Waals surface area contributed by atoms with Crippen LogP contribution in [0, 0.1) is 11.3 Å². The van der Waals surface area contributed by atoms with Gasteiger partial charge in [0.1, 0.15) is 6.07 Å². The monoisotopic (exact) mass is 392 g/mol. The number of pyridine rings is 1. The summed E-state index contributed by atoms with van der Waals surface area (Å²) in [5, 5.41) is 12.4. The Morgan fingerprint density at radius 1 is 1.28 bits per heavy atom. The topological polar surface area (TPSA) is 78.2 Å². The van der Waals surface area contributed by atoms with E-state index in [1.807, 2.05) is 26.0 Å². The minimum atomic E-state index is -0.0190. The summed E-state index contributed by atoms with van der Waals surface area (Å²) in [4.78, 5) is 17.8. The Bertz CT molecular complexity index is 881. The molecule has 1 aromatic carbocycles. The van der Waals surface area contributed by atoms with Gasteiger partial charge in [-0.2, -0.15) is 5.26 Å². The Kier molecular flexibility index (Phi) is 6.71. The van der Waals surface area contributed by atoms with Gasteiger partial charge in [0.25, 0.3) is 0 Å². The first-order chi connectivity index (χ1) is 14.0. The van der Waals surface area contributed by atoms with Crippen LogP contribution in [0.15, 0.2) is 36.4 Å². The third kappa shape index (κ3) is 5.05. The number of nitrogens with one attached hydrogen (secondary N) is 1. The van der Waals surface area contributed by atoms with Crippen molar-refractivity contribution in [1.29, 1.82) is 5.26 Å². The number of hydrogen-bond donors (Lipinski definition) is 1. The second kappa shape index (κ2) is 9.42. The molecule has 6 heteroatoms. The van der Waals surface area contributed by atoms with E-state index in [1.54, 1.807) is 0 Å². The van der Waals surface area contributed by atoms with Crippen LogP contribution in [0.5, 0.6) is 5.88 Å². The second-order valence-electron chi connectivity index (χ2n) is 7.41. The number of nitriles is 1. The molecule has 1 N–H and O–H groups in total. The van der Waals surface area contributed by atoms with Crippen LogP contribution >= 0.6 is 0 Å². The lowest BCUT2D eigenvalue weighted by molar-refractivity contribution is -0.119. The first-order valence-corrected chi connectivity index (χ1v) is 10.2. The minimum Gasteiger partial charge on any atom is -0.478 e. The molecule has 1 unspecified atom stereocenters. The van der Waals surface area contributed by atoms with Crippen molar-refractivity contribution < 1.29 is 9.53 Å². The van der Waals surface area contributed by atoms with Crippen LogP contribution in [0.3, 0.4) is 0 Å². The van der Waals surface area contributed by atoms with Gasteiger partial charge in [-0.05, 0) is 49.8 Å². The molecule has 1 fully saturated rings. The van der Waals surface area contributed by atoms with E-state index in [0.29, 0.717) is 24.1 Å². The van der Waals surface area contributed by atoms with E-state index in [0.717, 1.165) is 37.2 Å². The fourth-order valence-electron chi connectivity index (χ4n) is 3.90. The Morgan fingerprint density at radius 2 is 1.97 bits per heavy atom. The summed E-state index contributed by atoms with van der Waals surface area (Å²) < 4.78 is 5.41. The molecule has 0 spiro atoms. The van der Waals surface area contributed by atoms with E-state index in [4.69, 9.17) is 4.74 Å².